The van der Waals surface area contributed by atoms with Crippen LogP contribution in [-0.4, -0.2) is 25.6 Å². The zero-order valence-electron chi connectivity index (χ0n) is 7.64. The summed E-state index contributed by atoms with van der Waals surface area (Å²) < 4.78 is 1.58. The quantitative estimate of drug-likeness (QED) is 0.773. The molecule has 0 aliphatic carbocycles. The van der Waals surface area contributed by atoms with E-state index < -0.39 is 5.97 Å². The van der Waals surface area contributed by atoms with E-state index in [2.05, 4.69) is 9.97 Å². The molecule has 0 atom stereocenters. The van der Waals surface area contributed by atoms with Crippen molar-refractivity contribution in [3.05, 3.63) is 24.2 Å². The summed E-state index contributed by atoms with van der Waals surface area (Å²) in [5, 5.41) is 8.89. The number of rotatable bonds is 2. The number of fused-ring (bicyclic) bond motifs is 1. The van der Waals surface area contributed by atoms with Gasteiger partial charge < -0.3 is 9.67 Å². The van der Waals surface area contributed by atoms with Crippen LogP contribution in [0.1, 0.15) is 17.5 Å². The lowest BCUT2D eigenvalue weighted by molar-refractivity contribution is 0.0679. The Hall–Kier alpha value is -1.91. The molecule has 0 spiro atoms. The summed E-state index contributed by atoms with van der Waals surface area (Å²) in [7, 11) is 0. The van der Waals surface area contributed by atoms with Crippen molar-refractivity contribution >= 4 is 17.1 Å². The summed E-state index contributed by atoms with van der Waals surface area (Å²) >= 11 is 0. The molecule has 0 aliphatic rings. The van der Waals surface area contributed by atoms with Gasteiger partial charge in [0.15, 0.2) is 5.65 Å². The number of aromatic carboxylic acids is 1. The van der Waals surface area contributed by atoms with E-state index in [-0.39, 0.29) is 5.82 Å². The molecule has 72 valence electrons. The molecule has 1 N–H and O–H groups in total. The fourth-order valence-electron chi connectivity index (χ4n) is 1.42. The van der Waals surface area contributed by atoms with Crippen LogP contribution in [0, 0.1) is 0 Å². The standard InChI is InChI=1S/C9H9N3O2/c1-2-12-7-6(4-3-5-10-7)11-8(12)9(13)14/h3-5H,2H2,1H3,(H,13,14). The van der Waals surface area contributed by atoms with Crippen LogP contribution in [0.5, 0.6) is 0 Å². The third-order valence-electron chi connectivity index (χ3n) is 2.01. The van der Waals surface area contributed by atoms with E-state index in [0.29, 0.717) is 17.7 Å². The minimum absolute atomic E-state index is 0.0428. The maximum absolute atomic E-state index is 10.8. The molecule has 0 aliphatic heterocycles. The van der Waals surface area contributed by atoms with Crippen molar-refractivity contribution in [1.82, 2.24) is 14.5 Å². The first kappa shape index (κ1) is 8.68. The first-order valence-corrected chi connectivity index (χ1v) is 4.28. The molecular formula is C9H9N3O2. The van der Waals surface area contributed by atoms with Gasteiger partial charge in [-0.25, -0.2) is 14.8 Å². The van der Waals surface area contributed by atoms with Crippen molar-refractivity contribution in [3.8, 4) is 0 Å². The van der Waals surface area contributed by atoms with E-state index >= 15 is 0 Å². The minimum atomic E-state index is -1.02. The smallest absolute Gasteiger partial charge is 0.372 e. The number of carbonyl (C=O) groups is 1. The first-order valence-electron chi connectivity index (χ1n) is 4.28. The number of hydrogen-bond acceptors (Lipinski definition) is 3. The molecule has 0 unspecified atom stereocenters. The first-order chi connectivity index (χ1) is 6.74. The van der Waals surface area contributed by atoms with Crippen LogP contribution in [0.15, 0.2) is 18.3 Å². The fraction of sp³-hybridized carbons (Fsp3) is 0.222. The van der Waals surface area contributed by atoms with Crippen molar-refractivity contribution < 1.29 is 9.90 Å². The van der Waals surface area contributed by atoms with E-state index in [1.807, 2.05) is 6.92 Å². The van der Waals surface area contributed by atoms with Gasteiger partial charge in [-0.1, -0.05) is 0 Å². The van der Waals surface area contributed by atoms with Gasteiger partial charge in [-0.15, -0.1) is 0 Å². The molecular weight excluding hydrogens is 182 g/mol. The predicted molar refractivity (Wildman–Crippen MR) is 50.2 cm³/mol. The van der Waals surface area contributed by atoms with E-state index in [1.165, 1.54) is 0 Å². The van der Waals surface area contributed by atoms with Crippen LogP contribution < -0.4 is 0 Å². The predicted octanol–water partition coefficient (Wildman–Crippen LogP) is 1.15. The van der Waals surface area contributed by atoms with Crippen molar-refractivity contribution in [2.24, 2.45) is 0 Å². The molecule has 5 nitrogen and oxygen atoms in total. The highest BCUT2D eigenvalue weighted by Crippen LogP contribution is 2.12. The van der Waals surface area contributed by atoms with Gasteiger partial charge in [0, 0.05) is 12.7 Å². The summed E-state index contributed by atoms with van der Waals surface area (Å²) in [6, 6.07) is 3.49. The number of hydrogen-bond donors (Lipinski definition) is 1. The molecule has 0 bridgehead atoms. The largest absolute Gasteiger partial charge is 0.475 e. The number of aromatic nitrogens is 3. The Morgan fingerprint density at radius 3 is 3.07 bits per heavy atom. The van der Waals surface area contributed by atoms with Crippen molar-refractivity contribution in [2.75, 3.05) is 0 Å². The lowest BCUT2D eigenvalue weighted by Crippen LogP contribution is -2.08. The number of nitrogens with zero attached hydrogens (tertiary/aromatic N) is 3. The number of carboxylic acids is 1. The van der Waals surface area contributed by atoms with Crippen LogP contribution in [0.25, 0.3) is 11.2 Å². The molecule has 14 heavy (non-hydrogen) atoms. The number of pyridine rings is 1. The second kappa shape index (κ2) is 3.10. The Labute approximate surface area is 80.0 Å². The third-order valence-corrected chi connectivity index (χ3v) is 2.01. The summed E-state index contributed by atoms with van der Waals surface area (Å²) in [6.45, 7) is 2.41. The molecule has 5 heteroatoms. The molecule has 0 saturated carbocycles. The molecule has 0 aromatic carbocycles. The Kier molecular flexibility index (Phi) is 1.92. The summed E-state index contributed by atoms with van der Waals surface area (Å²) in [4.78, 5) is 18.9. The molecule has 0 amide bonds. The fourth-order valence-corrected chi connectivity index (χ4v) is 1.42. The van der Waals surface area contributed by atoms with Crippen LogP contribution in [0.4, 0.5) is 0 Å². The Morgan fingerprint density at radius 2 is 2.43 bits per heavy atom. The highest BCUT2D eigenvalue weighted by Gasteiger charge is 2.15. The molecule has 2 aromatic heterocycles. The highest BCUT2D eigenvalue weighted by atomic mass is 16.4. The Balaban J connectivity index is 2.78. The van der Waals surface area contributed by atoms with Crippen molar-refractivity contribution in [3.63, 3.8) is 0 Å². The van der Waals surface area contributed by atoms with E-state index in [1.54, 1.807) is 22.9 Å². The molecule has 0 radical (unpaired) electrons. The maximum Gasteiger partial charge on any atom is 0.372 e. The van der Waals surface area contributed by atoms with Gasteiger partial charge in [-0.2, -0.15) is 0 Å². The summed E-state index contributed by atoms with van der Waals surface area (Å²) in [6.07, 6.45) is 1.63. The molecule has 2 heterocycles. The Bertz CT molecular complexity index is 490. The zero-order chi connectivity index (χ0) is 10.1. The van der Waals surface area contributed by atoms with Crippen LogP contribution in [0.2, 0.25) is 0 Å². The molecule has 0 saturated heterocycles. The topological polar surface area (TPSA) is 68.0 Å². The summed E-state index contributed by atoms with van der Waals surface area (Å²) in [5.41, 5.74) is 1.24. The third kappa shape index (κ3) is 1.14. The average molecular weight is 191 g/mol. The lowest BCUT2D eigenvalue weighted by Gasteiger charge is -1.99. The highest BCUT2D eigenvalue weighted by molar-refractivity contribution is 5.88. The minimum Gasteiger partial charge on any atom is -0.475 e. The van der Waals surface area contributed by atoms with Crippen molar-refractivity contribution in [1.29, 1.82) is 0 Å². The second-order valence-corrected chi connectivity index (χ2v) is 2.83. The second-order valence-electron chi connectivity index (χ2n) is 2.83. The Morgan fingerprint density at radius 1 is 1.64 bits per heavy atom. The van der Waals surface area contributed by atoms with E-state index in [4.69, 9.17) is 5.11 Å². The summed E-state index contributed by atoms with van der Waals surface area (Å²) in [5.74, 6) is -0.981. The van der Waals surface area contributed by atoms with Gasteiger partial charge in [-0.05, 0) is 19.1 Å². The molecule has 2 rings (SSSR count). The van der Waals surface area contributed by atoms with Gasteiger partial charge in [0.05, 0.1) is 0 Å². The van der Waals surface area contributed by atoms with E-state index in [9.17, 15) is 4.79 Å². The lowest BCUT2D eigenvalue weighted by atomic mass is 10.4. The molecule has 2 aromatic rings. The molecule has 0 fully saturated rings. The van der Waals surface area contributed by atoms with Gasteiger partial charge in [0.2, 0.25) is 5.82 Å². The number of carboxylic acid groups (broad SMARTS) is 1. The van der Waals surface area contributed by atoms with Gasteiger partial charge >= 0.3 is 5.97 Å². The van der Waals surface area contributed by atoms with Crippen molar-refractivity contribution in [2.45, 2.75) is 13.5 Å². The SMILES string of the molecule is CCn1c(C(=O)O)nc2cccnc21. The van der Waals surface area contributed by atoms with Gasteiger partial charge in [-0.3, -0.25) is 0 Å². The maximum atomic E-state index is 10.8. The van der Waals surface area contributed by atoms with Crippen LogP contribution in [-0.2, 0) is 6.54 Å². The monoisotopic (exact) mass is 191 g/mol. The van der Waals surface area contributed by atoms with Gasteiger partial charge in [0.25, 0.3) is 0 Å². The van der Waals surface area contributed by atoms with Crippen LogP contribution >= 0.6 is 0 Å². The number of aryl methyl sites for hydroxylation is 1. The van der Waals surface area contributed by atoms with E-state index in [0.717, 1.165) is 0 Å². The zero-order valence-corrected chi connectivity index (χ0v) is 7.64. The van der Waals surface area contributed by atoms with Crippen LogP contribution in [0.3, 0.4) is 0 Å². The normalized spacial score (nSPS) is 10.6. The number of imidazole rings is 1. The average Bonchev–Trinajstić information content (AvgIpc) is 2.56. The van der Waals surface area contributed by atoms with Gasteiger partial charge in [0.1, 0.15) is 5.52 Å².